The number of halogens is 1. The number of aromatic nitrogens is 1. The number of amides is 2. The number of likely N-dealkylation sites (tertiary alicyclic amines) is 1. The first kappa shape index (κ1) is 22.4. The van der Waals surface area contributed by atoms with Crippen LogP contribution in [-0.4, -0.2) is 46.5 Å². The lowest BCUT2D eigenvalue weighted by atomic mass is 10.1. The molecular formula is C25H29ClN4O2. The van der Waals surface area contributed by atoms with E-state index in [-0.39, 0.29) is 24.2 Å². The zero-order valence-electron chi connectivity index (χ0n) is 18.5. The number of urea groups is 1. The van der Waals surface area contributed by atoms with Gasteiger partial charge in [0.1, 0.15) is 0 Å². The summed E-state index contributed by atoms with van der Waals surface area (Å²) < 4.78 is 0. The zero-order valence-corrected chi connectivity index (χ0v) is 19.3. The maximum atomic E-state index is 13.3. The van der Waals surface area contributed by atoms with Crippen LogP contribution < -0.4 is 10.9 Å². The number of nitrogens with zero attached hydrogens (tertiary/aromatic N) is 2. The Morgan fingerprint density at radius 2 is 2.06 bits per heavy atom. The quantitative estimate of drug-likeness (QED) is 0.552. The van der Waals surface area contributed by atoms with E-state index < -0.39 is 0 Å². The number of pyridine rings is 1. The number of benzene rings is 2. The van der Waals surface area contributed by atoms with Crippen molar-refractivity contribution in [2.24, 2.45) is 0 Å². The number of anilines is 1. The van der Waals surface area contributed by atoms with Crippen molar-refractivity contribution in [3.8, 4) is 0 Å². The first-order valence-electron chi connectivity index (χ1n) is 11.1. The zero-order chi connectivity index (χ0) is 22.7. The van der Waals surface area contributed by atoms with Crippen LogP contribution >= 0.6 is 11.6 Å². The van der Waals surface area contributed by atoms with E-state index >= 15 is 0 Å². The molecule has 0 aliphatic carbocycles. The van der Waals surface area contributed by atoms with Crippen LogP contribution in [0.5, 0.6) is 0 Å². The fourth-order valence-electron chi connectivity index (χ4n) is 4.51. The molecule has 0 unspecified atom stereocenters. The van der Waals surface area contributed by atoms with Gasteiger partial charge in [0.25, 0.3) is 5.56 Å². The Kier molecular flexibility index (Phi) is 6.82. The van der Waals surface area contributed by atoms with E-state index in [2.05, 4.69) is 22.1 Å². The number of para-hydroxylation sites is 1. The van der Waals surface area contributed by atoms with E-state index in [0.29, 0.717) is 22.8 Å². The van der Waals surface area contributed by atoms with Crippen LogP contribution in [0, 0.1) is 6.92 Å². The van der Waals surface area contributed by atoms with Gasteiger partial charge in [-0.05, 0) is 68.1 Å². The SMILES string of the molecule is CCN1CCC[C@@H]1CN(Cc1cc2cccc(C)c2[nH]c1=O)C(=O)Nc1cccc(Cl)c1. The van der Waals surface area contributed by atoms with Gasteiger partial charge in [-0.25, -0.2) is 4.79 Å². The molecule has 4 rings (SSSR count). The third-order valence-electron chi connectivity index (χ3n) is 6.23. The normalized spacial score (nSPS) is 16.4. The van der Waals surface area contributed by atoms with Gasteiger partial charge in [0.15, 0.2) is 0 Å². The number of likely N-dealkylation sites (N-methyl/N-ethyl adjacent to an activating group) is 1. The molecule has 0 spiro atoms. The van der Waals surface area contributed by atoms with Crippen LogP contribution in [0.1, 0.15) is 30.9 Å². The average Bonchev–Trinajstić information content (AvgIpc) is 3.21. The number of hydrogen-bond donors (Lipinski definition) is 2. The minimum atomic E-state index is -0.237. The average molecular weight is 453 g/mol. The predicted octanol–water partition coefficient (Wildman–Crippen LogP) is 5.01. The predicted molar refractivity (Wildman–Crippen MR) is 130 cm³/mol. The Balaban J connectivity index is 1.62. The van der Waals surface area contributed by atoms with E-state index in [1.807, 2.05) is 37.3 Å². The van der Waals surface area contributed by atoms with Crippen molar-refractivity contribution in [3.63, 3.8) is 0 Å². The number of carbonyl (C=O) groups is 1. The lowest BCUT2D eigenvalue weighted by molar-refractivity contribution is 0.174. The molecule has 0 saturated carbocycles. The van der Waals surface area contributed by atoms with E-state index in [1.165, 1.54) is 0 Å². The molecule has 6 nitrogen and oxygen atoms in total. The second kappa shape index (κ2) is 9.76. The minimum Gasteiger partial charge on any atom is -0.321 e. The molecule has 7 heteroatoms. The van der Waals surface area contributed by atoms with Crippen LogP contribution in [-0.2, 0) is 6.54 Å². The molecule has 1 atom stereocenters. The second-order valence-electron chi connectivity index (χ2n) is 8.41. The van der Waals surface area contributed by atoms with Crippen LogP contribution in [0.25, 0.3) is 10.9 Å². The summed E-state index contributed by atoms with van der Waals surface area (Å²) in [7, 11) is 0. The topological polar surface area (TPSA) is 68.4 Å². The fourth-order valence-corrected chi connectivity index (χ4v) is 4.70. The highest BCUT2D eigenvalue weighted by Gasteiger charge is 2.28. The standard InChI is InChI=1S/C25H29ClN4O2/c1-3-29-12-6-11-22(29)16-30(25(32)27-21-10-5-9-20(26)14-21)15-19-13-18-8-4-7-17(2)23(18)28-24(19)31/h4-5,7-10,13-14,22H,3,6,11-12,15-16H2,1-2H3,(H,27,32)(H,28,31)/t22-/m1/s1. The van der Waals surface area contributed by atoms with Gasteiger partial charge >= 0.3 is 6.03 Å². The van der Waals surface area contributed by atoms with Crippen LogP contribution in [0.15, 0.2) is 53.3 Å². The molecule has 1 fully saturated rings. The number of carbonyl (C=O) groups excluding carboxylic acids is 1. The summed E-state index contributed by atoms with van der Waals surface area (Å²) in [6.07, 6.45) is 2.17. The van der Waals surface area contributed by atoms with Crippen molar-refractivity contribution in [1.29, 1.82) is 0 Å². The first-order valence-corrected chi connectivity index (χ1v) is 11.5. The highest BCUT2D eigenvalue weighted by molar-refractivity contribution is 6.30. The Hall–Kier alpha value is -2.83. The summed E-state index contributed by atoms with van der Waals surface area (Å²) in [6.45, 7) is 6.91. The molecule has 2 aromatic carbocycles. The van der Waals surface area contributed by atoms with Gasteiger partial charge in [-0.1, -0.05) is 42.8 Å². The lowest BCUT2D eigenvalue weighted by Gasteiger charge is -2.30. The smallest absolute Gasteiger partial charge is 0.321 e. The van der Waals surface area contributed by atoms with Crippen LogP contribution in [0.4, 0.5) is 10.5 Å². The summed E-state index contributed by atoms with van der Waals surface area (Å²) in [5.74, 6) is 0. The highest BCUT2D eigenvalue weighted by atomic mass is 35.5. The molecule has 168 valence electrons. The van der Waals surface area contributed by atoms with Crippen molar-refractivity contribution in [1.82, 2.24) is 14.8 Å². The summed E-state index contributed by atoms with van der Waals surface area (Å²) >= 11 is 6.09. The van der Waals surface area contributed by atoms with Gasteiger partial charge in [0.2, 0.25) is 0 Å². The molecule has 1 saturated heterocycles. The van der Waals surface area contributed by atoms with Crippen molar-refractivity contribution in [2.75, 3.05) is 25.0 Å². The Bertz CT molecular complexity index is 1180. The summed E-state index contributed by atoms with van der Waals surface area (Å²) in [6, 6.07) is 15.0. The molecular weight excluding hydrogens is 424 g/mol. The van der Waals surface area contributed by atoms with Crippen molar-refractivity contribution in [2.45, 2.75) is 39.3 Å². The molecule has 2 N–H and O–H groups in total. The molecule has 32 heavy (non-hydrogen) atoms. The maximum absolute atomic E-state index is 13.3. The number of nitrogens with one attached hydrogen (secondary N) is 2. The minimum absolute atomic E-state index is 0.161. The number of rotatable bonds is 6. The molecule has 0 bridgehead atoms. The summed E-state index contributed by atoms with van der Waals surface area (Å²) in [4.78, 5) is 33.3. The highest BCUT2D eigenvalue weighted by Crippen LogP contribution is 2.21. The maximum Gasteiger partial charge on any atom is 0.322 e. The van der Waals surface area contributed by atoms with Gasteiger partial charge in [0.05, 0.1) is 12.1 Å². The van der Waals surface area contributed by atoms with Crippen molar-refractivity contribution < 1.29 is 4.79 Å². The molecule has 1 aliphatic heterocycles. The number of aryl methyl sites for hydroxylation is 1. The molecule has 2 amide bonds. The number of hydrogen-bond acceptors (Lipinski definition) is 3. The van der Waals surface area contributed by atoms with Crippen LogP contribution in [0.2, 0.25) is 5.02 Å². The number of aromatic amines is 1. The fraction of sp³-hybridized carbons (Fsp3) is 0.360. The van der Waals surface area contributed by atoms with Crippen molar-refractivity contribution >= 4 is 34.2 Å². The molecule has 1 aliphatic rings. The van der Waals surface area contributed by atoms with Gasteiger partial charge in [-0.15, -0.1) is 0 Å². The Labute approximate surface area is 193 Å². The van der Waals surface area contributed by atoms with E-state index in [9.17, 15) is 9.59 Å². The van der Waals surface area contributed by atoms with Gasteiger partial charge in [-0.3, -0.25) is 9.69 Å². The third-order valence-corrected chi connectivity index (χ3v) is 6.46. The lowest BCUT2D eigenvalue weighted by Crippen LogP contribution is -2.45. The number of fused-ring (bicyclic) bond motifs is 1. The third kappa shape index (κ3) is 4.97. The van der Waals surface area contributed by atoms with Crippen LogP contribution in [0.3, 0.4) is 0 Å². The molecule has 0 radical (unpaired) electrons. The molecule has 3 aromatic rings. The molecule has 2 heterocycles. The van der Waals surface area contributed by atoms with E-state index in [1.54, 1.807) is 23.1 Å². The largest absolute Gasteiger partial charge is 0.322 e. The van der Waals surface area contributed by atoms with E-state index in [4.69, 9.17) is 11.6 Å². The van der Waals surface area contributed by atoms with Gasteiger partial charge in [-0.2, -0.15) is 0 Å². The molecule has 1 aromatic heterocycles. The van der Waals surface area contributed by atoms with Crippen molar-refractivity contribution in [3.05, 3.63) is 75.0 Å². The Morgan fingerprint density at radius 3 is 2.84 bits per heavy atom. The second-order valence-corrected chi connectivity index (χ2v) is 8.84. The number of H-pyrrole nitrogens is 1. The first-order chi connectivity index (χ1) is 15.4. The van der Waals surface area contributed by atoms with Gasteiger partial charge in [0, 0.05) is 28.9 Å². The van der Waals surface area contributed by atoms with E-state index in [0.717, 1.165) is 42.4 Å². The van der Waals surface area contributed by atoms with Gasteiger partial charge < -0.3 is 15.2 Å². The monoisotopic (exact) mass is 452 g/mol. The summed E-state index contributed by atoms with van der Waals surface area (Å²) in [5.41, 5.74) is 2.90. The summed E-state index contributed by atoms with van der Waals surface area (Å²) in [5, 5.41) is 4.47. The Morgan fingerprint density at radius 1 is 1.25 bits per heavy atom.